The van der Waals surface area contributed by atoms with Gasteiger partial charge in [-0.05, 0) is 45.2 Å². The highest BCUT2D eigenvalue weighted by Gasteiger charge is 2.27. The molecule has 34 heavy (non-hydrogen) atoms. The molecule has 0 radical (unpaired) electrons. The maximum Gasteiger partial charge on any atom is 0.307 e. The molecule has 186 valence electrons. The summed E-state index contributed by atoms with van der Waals surface area (Å²) in [6.07, 6.45) is 11.3. The highest BCUT2D eigenvalue weighted by atomic mass is 16.6. The van der Waals surface area contributed by atoms with Gasteiger partial charge in [-0.25, -0.2) is 0 Å². The van der Waals surface area contributed by atoms with Crippen LogP contribution in [0.15, 0.2) is 22.9 Å². The Morgan fingerprint density at radius 1 is 1.21 bits per heavy atom. The van der Waals surface area contributed by atoms with Gasteiger partial charge in [0.25, 0.3) is 5.91 Å². The summed E-state index contributed by atoms with van der Waals surface area (Å²) in [5.41, 5.74) is 0.410. The molecule has 1 amide bonds. The molecule has 1 fully saturated rings. The van der Waals surface area contributed by atoms with Gasteiger partial charge in [0, 0.05) is 31.8 Å². The maximum absolute atomic E-state index is 12.6. The van der Waals surface area contributed by atoms with Gasteiger partial charge in [0.05, 0.1) is 6.42 Å². The van der Waals surface area contributed by atoms with Crippen LogP contribution < -0.4 is 0 Å². The van der Waals surface area contributed by atoms with E-state index in [2.05, 4.69) is 15.1 Å². The third-order valence-electron chi connectivity index (χ3n) is 6.16. The van der Waals surface area contributed by atoms with E-state index in [9.17, 15) is 9.59 Å². The summed E-state index contributed by atoms with van der Waals surface area (Å²) in [5, 5.41) is 4.11. The molecule has 2 aromatic rings. The van der Waals surface area contributed by atoms with Crippen LogP contribution in [0.4, 0.5) is 0 Å². The van der Waals surface area contributed by atoms with E-state index in [0.29, 0.717) is 23.0 Å². The van der Waals surface area contributed by atoms with Gasteiger partial charge in [-0.2, -0.15) is 4.98 Å². The molecule has 0 spiro atoms. The zero-order valence-corrected chi connectivity index (χ0v) is 21.2. The molecule has 1 saturated carbocycles. The molecule has 0 bridgehead atoms. The van der Waals surface area contributed by atoms with E-state index < -0.39 is 5.60 Å². The third kappa shape index (κ3) is 7.64. The molecule has 0 unspecified atom stereocenters. The second kappa shape index (κ2) is 11.6. The number of aromatic nitrogens is 3. The van der Waals surface area contributed by atoms with Gasteiger partial charge in [0.2, 0.25) is 11.7 Å². The number of amides is 1. The lowest BCUT2D eigenvalue weighted by Gasteiger charge is -2.23. The molecule has 1 aliphatic rings. The Morgan fingerprint density at radius 3 is 2.62 bits per heavy atom. The molecule has 0 aromatic carbocycles. The van der Waals surface area contributed by atoms with Crippen molar-refractivity contribution in [1.29, 1.82) is 0 Å². The van der Waals surface area contributed by atoms with E-state index in [1.807, 2.05) is 20.8 Å². The number of esters is 1. The minimum atomic E-state index is -0.549. The second-order valence-corrected chi connectivity index (χ2v) is 10.5. The van der Waals surface area contributed by atoms with Crippen LogP contribution in [0.2, 0.25) is 0 Å². The lowest BCUT2D eigenvalue weighted by Crippen LogP contribution is -2.25. The van der Waals surface area contributed by atoms with Gasteiger partial charge in [-0.15, -0.1) is 0 Å². The Hall–Kier alpha value is -2.77. The maximum atomic E-state index is 12.6. The van der Waals surface area contributed by atoms with Crippen LogP contribution in [0.5, 0.6) is 0 Å². The Balaban J connectivity index is 1.74. The van der Waals surface area contributed by atoms with E-state index in [0.717, 1.165) is 25.2 Å². The normalized spacial score (nSPS) is 15.7. The highest BCUT2D eigenvalue weighted by molar-refractivity contribution is 5.94. The summed E-state index contributed by atoms with van der Waals surface area (Å²) in [7, 11) is 3.40. The smallest absolute Gasteiger partial charge is 0.307 e. The van der Waals surface area contributed by atoms with Crippen molar-refractivity contribution >= 4 is 11.9 Å². The molecule has 2 aromatic heterocycles. The van der Waals surface area contributed by atoms with Gasteiger partial charge < -0.3 is 14.2 Å². The molecule has 2 heterocycles. The largest absolute Gasteiger partial charge is 0.460 e. The summed E-state index contributed by atoms with van der Waals surface area (Å²) in [4.78, 5) is 35.3. The zero-order chi connectivity index (χ0) is 24.7. The van der Waals surface area contributed by atoms with Crippen molar-refractivity contribution in [3.8, 4) is 11.5 Å². The van der Waals surface area contributed by atoms with Crippen molar-refractivity contribution in [2.75, 3.05) is 14.1 Å². The first-order chi connectivity index (χ1) is 16.1. The van der Waals surface area contributed by atoms with Crippen LogP contribution in [0.25, 0.3) is 11.5 Å². The molecular formula is C26H38N4O4. The molecule has 0 N–H and O–H groups in total. The number of ether oxygens (including phenoxy) is 1. The number of carbonyl (C=O) groups is 2. The number of carbonyl (C=O) groups excluding carboxylic acids is 2. The predicted octanol–water partition coefficient (Wildman–Crippen LogP) is 5.40. The van der Waals surface area contributed by atoms with Gasteiger partial charge in [0.1, 0.15) is 11.3 Å². The summed E-state index contributed by atoms with van der Waals surface area (Å²) in [5.74, 6) is 0.881. The van der Waals surface area contributed by atoms with Gasteiger partial charge >= 0.3 is 5.97 Å². The molecule has 3 rings (SSSR count). The average Bonchev–Trinajstić information content (AvgIpc) is 3.28. The van der Waals surface area contributed by atoms with Crippen LogP contribution in [-0.2, 0) is 9.53 Å². The topological polar surface area (TPSA) is 98.4 Å². The summed E-state index contributed by atoms with van der Waals surface area (Å²) in [6, 6.07) is 3.31. The number of pyridine rings is 1. The fourth-order valence-corrected chi connectivity index (χ4v) is 4.48. The molecular weight excluding hydrogens is 432 g/mol. The Morgan fingerprint density at radius 2 is 1.94 bits per heavy atom. The standard InChI is InChI=1S/C26H38N4O4/c1-26(2,3)33-22(31)17-19(13-9-12-18-10-7-6-8-11-18)24-28-23(29-34-24)21-16-20(14-15-27-21)25(32)30(4)5/h14-16,18-19H,6-13,17H2,1-5H3/t19-/m0/s1. The molecule has 0 aliphatic heterocycles. The number of rotatable bonds is 9. The highest BCUT2D eigenvalue weighted by Crippen LogP contribution is 2.32. The van der Waals surface area contributed by atoms with Gasteiger partial charge in [0.15, 0.2) is 0 Å². The lowest BCUT2D eigenvalue weighted by atomic mass is 9.84. The van der Waals surface area contributed by atoms with Crippen molar-refractivity contribution < 1.29 is 18.8 Å². The predicted molar refractivity (Wildman–Crippen MR) is 129 cm³/mol. The minimum absolute atomic E-state index is 0.127. The zero-order valence-electron chi connectivity index (χ0n) is 21.2. The van der Waals surface area contributed by atoms with E-state index >= 15 is 0 Å². The lowest BCUT2D eigenvalue weighted by molar-refractivity contribution is -0.155. The summed E-state index contributed by atoms with van der Waals surface area (Å²) in [6.45, 7) is 5.59. The SMILES string of the molecule is CN(C)C(=O)c1ccnc(-c2noc([C@@H](CCCC3CCCCC3)CC(=O)OC(C)(C)C)n2)c1. The Kier molecular flexibility index (Phi) is 8.80. The average molecular weight is 471 g/mol. The van der Waals surface area contributed by atoms with E-state index in [4.69, 9.17) is 9.26 Å². The first-order valence-electron chi connectivity index (χ1n) is 12.4. The third-order valence-corrected chi connectivity index (χ3v) is 6.16. The van der Waals surface area contributed by atoms with Crippen LogP contribution in [0, 0.1) is 5.92 Å². The number of hydrogen-bond donors (Lipinski definition) is 0. The molecule has 0 saturated heterocycles. The van der Waals surface area contributed by atoms with Crippen molar-refractivity contribution in [3.63, 3.8) is 0 Å². The number of hydrogen-bond acceptors (Lipinski definition) is 7. The quantitative estimate of drug-likeness (QED) is 0.453. The minimum Gasteiger partial charge on any atom is -0.460 e. The Bertz CT molecular complexity index is 958. The van der Waals surface area contributed by atoms with Crippen LogP contribution in [0.3, 0.4) is 0 Å². The van der Waals surface area contributed by atoms with Crippen molar-refractivity contribution in [2.45, 2.75) is 90.1 Å². The molecule has 8 heteroatoms. The monoisotopic (exact) mass is 470 g/mol. The van der Waals surface area contributed by atoms with E-state index in [-0.39, 0.29) is 24.2 Å². The van der Waals surface area contributed by atoms with E-state index in [1.165, 1.54) is 37.0 Å². The summed E-state index contributed by atoms with van der Waals surface area (Å²) >= 11 is 0. The molecule has 1 atom stereocenters. The van der Waals surface area contributed by atoms with Crippen LogP contribution >= 0.6 is 0 Å². The number of nitrogens with zero attached hydrogens (tertiary/aromatic N) is 4. The first kappa shape index (κ1) is 25.8. The molecule has 8 nitrogen and oxygen atoms in total. The van der Waals surface area contributed by atoms with Crippen molar-refractivity contribution in [1.82, 2.24) is 20.0 Å². The van der Waals surface area contributed by atoms with E-state index in [1.54, 1.807) is 32.4 Å². The second-order valence-electron chi connectivity index (χ2n) is 10.5. The van der Waals surface area contributed by atoms with Crippen LogP contribution in [-0.4, -0.2) is 51.6 Å². The van der Waals surface area contributed by atoms with Gasteiger partial charge in [-0.1, -0.05) is 50.1 Å². The summed E-state index contributed by atoms with van der Waals surface area (Å²) < 4.78 is 11.2. The fraction of sp³-hybridized carbons (Fsp3) is 0.654. The van der Waals surface area contributed by atoms with Gasteiger partial charge in [-0.3, -0.25) is 14.6 Å². The van der Waals surface area contributed by atoms with Crippen molar-refractivity contribution in [3.05, 3.63) is 29.8 Å². The van der Waals surface area contributed by atoms with Crippen LogP contribution in [0.1, 0.15) is 101 Å². The molecule has 1 aliphatic carbocycles. The Labute approximate surface area is 202 Å². The first-order valence-corrected chi connectivity index (χ1v) is 12.4. The van der Waals surface area contributed by atoms with Crippen molar-refractivity contribution in [2.24, 2.45) is 5.92 Å². The fourth-order valence-electron chi connectivity index (χ4n) is 4.48.